The summed E-state index contributed by atoms with van der Waals surface area (Å²) in [5, 5.41) is 14.4. The number of nitrogens with one attached hydrogen (secondary N) is 2. The zero-order valence-electron chi connectivity index (χ0n) is 20.2. The summed E-state index contributed by atoms with van der Waals surface area (Å²) in [5.74, 6) is -2.10. The van der Waals surface area contributed by atoms with Crippen LogP contribution in [0.4, 0.5) is 0 Å². The molecule has 0 bridgehead atoms. The Bertz CT molecular complexity index is 1080. The van der Waals surface area contributed by atoms with Gasteiger partial charge in [-0.3, -0.25) is 19.2 Å². The van der Waals surface area contributed by atoms with Gasteiger partial charge in [0.2, 0.25) is 23.6 Å². The third kappa shape index (κ3) is 8.79. The molecule has 194 valence electrons. The molecule has 0 saturated heterocycles. The fraction of sp³-hybridized carbons (Fsp3) is 0.360. The Labute approximate surface area is 223 Å². The molecular weight excluding hydrogens is 577 g/mol. The average Bonchev–Trinajstić information content (AvgIpc) is 2.83. The Balaban J connectivity index is 1.91. The summed E-state index contributed by atoms with van der Waals surface area (Å²) in [6.07, 6.45) is 0.477. The highest BCUT2D eigenvalue weighted by molar-refractivity contribution is 14.1. The first kappa shape index (κ1) is 29.0. The van der Waals surface area contributed by atoms with Gasteiger partial charge in [-0.1, -0.05) is 24.3 Å². The second kappa shape index (κ2) is 13.8. The van der Waals surface area contributed by atoms with Crippen LogP contribution < -0.4 is 22.1 Å². The monoisotopic (exact) mass is 609 g/mol. The van der Waals surface area contributed by atoms with Gasteiger partial charge in [-0.15, -0.1) is 0 Å². The lowest BCUT2D eigenvalue weighted by Crippen LogP contribution is -2.54. The summed E-state index contributed by atoms with van der Waals surface area (Å²) in [6.45, 7) is 3.07. The van der Waals surface area contributed by atoms with Crippen molar-refractivity contribution in [2.45, 2.75) is 44.8 Å². The van der Waals surface area contributed by atoms with Crippen molar-refractivity contribution in [2.24, 2.45) is 11.5 Å². The molecule has 3 atom stereocenters. The molecule has 0 aliphatic carbocycles. The van der Waals surface area contributed by atoms with Crippen LogP contribution in [0.15, 0.2) is 48.5 Å². The lowest BCUT2D eigenvalue weighted by molar-refractivity contribution is -0.139. The molecule has 4 amide bonds. The zero-order valence-corrected chi connectivity index (χ0v) is 22.4. The van der Waals surface area contributed by atoms with Gasteiger partial charge in [0.15, 0.2) is 0 Å². The Hall–Kier alpha value is -3.19. The summed E-state index contributed by atoms with van der Waals surface area (Å²) in [4.78, 5) is 51.2. The number of nitrogens with zero attached hydrogens (tertiary/aromatic N) is 1. The van der Waals surface area contributed by atoms with Gasteiger partial charge in [-0.05, 0) is 78.3 Å². The number of likely N-dealkylation sites (N-methyl/N-ethyl adjacent to an activating group) is 1. The summed E-state index contributed by atoms with van der Waals surface area (Å²) in [5.41, 5.74) is 13.2. The number of phenolic OH excluding ortho intramolecular Hbond substituents is 1. The van der Waals surface area contributed by atoms with Crippen molar-refractivity contribution in [1.29, 1.82) is 0 Å². The van der Waals surface area contributed by atoms with Gasteiger partial charge in [0.05, 0.1) is 12.6 Å². The van der Waals surface area contributed by atoms with Gasteiger partial charge < -0.3 is 32.1 Å². The summed E-state index contributed by atoms with van der Waals surface area (Å²) in [7, 11) is 0. The van der Waals surface area contributed by atoms with Crippen LogP contribution in [-0.2, 0) is 32.0 Å². The Morgan fingerprint density at radius 3 is 2.28 bits per heavy atom. The van der Waals surface area contributed by atoms with Crippen LogP contribution in [0.1, 0.15) is 25.0 Å². The minimum atomic E-state index is -0.940. The molecule has 11 heteroatoms. The van der Waals surface area contributed by atoms with Gasteiger partial charge in [0.1, 0.15) is 17.8 Å². The molecule has 36 heavy (non-hydrogen) atoms. The summed E-state index contributed by atoms with van der Waals surface area (Å²) in [6, 6.07) is 11.1. The van der Waals surface area contributed by atoms with Crippen LogP contribution in [0, 0.1) is 3.57 Å². The molecule has 0 heterocycles. The highest BCUT2D eigenvalue weighted by Gasteiger charge is 2.28. The van der Waals surface area contributed by atoms with E-state index in [9.17, 15) is 24.3 Å². The maximum Gasteiger partial charge on any atom is 0.242 e. The predicted molar refractivity (Wildman–Crippen MR) is 144 cm³/mol. The normalized spacial score (nSPS) is 13.2. The fourth-order valence-electron chi connectivity index (χ4n) is 3.60. The van der Waals surface area contributed by atoms with E-state index < -0.39 is 41.8 Å². The van der Waals surface area contributed by atoms with Crippen molar-refractivity contribution >= 4 is 46.2 Å². The van der Waals surface area contributed by atoms with E-state index in [4.69, 9.17) is 11.5 Å². The molecule has 0 aliphatic heterocycles. The summed E-state index contributed by atoms with van der Waals surface area (Å²) < 4.78 is 0.994. The van der Waals surface area contributed by atoms with E-state index in [0.29, 0.717) is 0 Å². The number of hydrogen-bond acceptors (Lipinski definition) is 6. The zero-order chi connectivity index (χ0) is 26.8. The van der Waals surface area contributed by atoms with Crippen molar-refractivity contribution in [3.05, 3.63) is 63.2 Å². The lowest BCUT2D eigenvalue weighted by Gasteiger charge is -2.29. The third-order valence-electron chi connectivity index (χ3n) is 5.58. The smallest absolute Gasteiger partial charge is 0.242 e. The van der Waals surface area contributed by atoms with Crippen LogP contribution >= 0.6 is 22.6 Å². The minimum absolute atomic E-state index is 0.107. The number of primary amides is 1. The molecular formula is C25H32IN5O5. The molecule has 0 aliphatic rings. The van der Waals surface area contributed by atoms with Crippen LogP contribution in [0.2, 0.25) is 0 Å². The van der Waals surface area contributed by atoms with E-state index in [2.05, 4.69) is 33.2 Å². The van der Waals surface area contributed by atoms with Crippen molar-refractivity contribution in [1.82, 2.24) is 15.5 Å². The van der Waals surface area contributed by atoms with Crippen molar-refractivity contribution in [2.75, 3.05) is 13.1 Å². The second-order valence-electron chi connectivity index (χ2n) is 8.36. The molecule has 10 nitrogen and oxygen atoms in total. The lowest BCUT2D eigenvalue weighted by atomic mass is 10.0. The SMILES string of the molecule is CCN(C(=O)CNC(=O)[C@@H](C)NC(=O)[C@@H](N)Cc1ccc(O)cc1)[C@@H](Cc1cccc(I)c1)C(N)=O. The quantitative estimate of drug-likeness (QED) is 0.219. The standard InChI is InChI=1S/C25H32IN5O5/c1-3-31(21(23(28)34)13-17-5-4-6-18(26)11-17)22(33)14-29-24(35)15(2)30-25(36)20(27)12-16-7-9-19(32)10-8-16/h4-11,15,20-21,32H,3,12-14,27H2,1-2H3,(H2,28,34)(H,29,35)(H,30,36)/t15-,20+,21+/m1/s1. The number of hydrogen-bond donors (Lipinski definition) is 5. The molecule has 0 aromatic heterocycles. The van der Waals surface area contributed by atoms with Gasteiger partial charge in [0.25, 0.3) is 0 Å². The van der Waals surface area contributed by atoms with Gasteiger partial charge in [-0.25, -0.2) is 0 Å². The number of aromatic hydroxyl groups is 1. The molecule has 2 aromatic carbocycles. The largest absolute Gasteiger partial charge is 0.508 e. The number of carbonyl (C=O) groups is 4. The molecule has 0 saturated carbocycles. The molecule has 7 N–H and O–H groups in total. The molecule has 2 aromatic rings. The van der Waals surface area contributed by atoms with E-state index in [1.807, 2.05) is 24.3 Å². The van der Waals surface area contributed by atoms with E-state index in [1.54, 1.807) is 19.1 Å². The fourth-order valence-corrected chi connectivity index (χ4v) is 4.21. The highest BCUT2D eigenvalue weighted by Crippen LogP contribution is 2.13. The van der Waals surface area contributed by atoms with Crippen LogP contribution in [-0.4, -0.2) is 64.9 Å². The van der Waals surface area contributed by atoms with E-state index in [0.717, 1.165) is 14.7 Å². The predicted octanol–water partition coefficient (Wildman–Crippen LogP) is 0.433. The number of rotatable bonds is 12. The van der Waals surface area contributed by atoms with E-state index in [-0.39, 0.29) is 31.7 Å². The molecule has 0 fully saturated rings. The van der Waals surface area contributed by atoms with Gasteiger partial charge in [-0.2, -0.15) is 0 Å². The van der Waals surface area contributed by atoms with E-state index in [1.165, 1.54) is 24.0 Å². The topological polar surface area (TPSA) is 168 Å². The van der Waals surface area contributed by atoms with Crippen molar-refractivity contribution in [3.63, 3.8) is 0 Å². The Morgan fingerprint density at radius 2 is 1.69 bits per heavy atom. The van der Waals surface area contributed by atoms with Gasteiger partial charge in [0, 0.05) is 16.5 Å². The number of amides is 4. The van der Waals surface area contributed by atoms with E-state index >= 15 is 0 Å². The van der Waals surface area contributed by atoms with Crippen LogP contribution in [0.3, 0.4) is 0 Å². The molecule has 0 radical (unpaired) electrons. The first-order valence-corrected chi connectivity index (χ1v) is 12.5. The van der Waals surface area contributed by atoms with Crippen LogP contribution in [0.25, 0.3) is 0 Å². The number of nitrogens with two attached hydrogens (primary N) is 2. The Kier molecular flexibility index (Phi) is 11.1. The number of phenols is 1. The average molecular weight is 609 g/mol. The van der Waals surface area contributed by atoms with Crippen LogP contribution in [0.5, 0.6) is 5.75 Å². The Morgan fingerprint density at radius 1 is 1.03 bits per heavy atom. The van der Waals surface area contributed by atoms with Gasteiger partial charge >= 0.3 is 0 Å². The molecule has 0 unspecified atom stereocenters. The molecule has 2 rings (SSSR count). The second-order valence-corrected chi connectivity index (χ2v) is 9.60. The number of carbonyl (C=O) groups excluding carboxylic acids is 4. The third-order valence-corrected chi connectivity index (χ3v) is 6.25. The summed E-state index contributed by atoms with van der Waals surface area (Å²) >= 11 is 2.16. The number of halogens is 1. The van der Waals surface area contributed by atoms with Crippen molar-refractivity contribution in [3.8, 4) is 5.75 Å². The van der Waals surface area contributed by atoms with Crippen molar-refractivity contribution < 1.29 is 24.3 Å². The maximum absolute atomic E-state index is 12.8. The first-order chi connectivity index (χ1) is 17.0. The molecule has 0 spiro atoms. The highest BCUT2D eigenvalue weighted by atomic mass is 127. The maximum atomic E-state index is 12.8. The number of benzene rings is 2. The minimum Gasteiger partial charge on any atom is -0.508 e. The first-order valence-electron chi connectivity index (χ1n) is 11.5.